The standard InChI is InChI=1S/C14H19N3O4S/c1-22(19,20)15-11-5-4-8-16(9-11)10-17-12-6-2-3-7-13(12)21-14(17)18/h2-3,6-7,11,15H,4-5,8-10H2,1H3/t11-/m0/s1. The zero-order chi connectivity index (χ0) is 15.7. The van der Waals surface area contributed by atoms with Gasteiger partial charge in [-0.3, -0.25) is 9.47 Å². The SMILES string of the molecule is CS(=O)(=O)N[C@H]1CCCN(Cn2c(=O)oc3ccccc32)C1. The van der Waals surface area contributed by atoms with Crippen LogP contribution in [0.4, 0.5) is 0 Å². The summed E-state index contributed by atoms with van der Waals surface area (Å²) in [5.74, 6) is -0.389. The number of fused-ring (bicyclic) bond motifs is 1. The maximum absolute atomic E-state index is 12.0. The van der Waals surface area contributed by atoms with Crippen LogP contribution in [0.1, 0.15) is 12.8 Å². The number of benzene rings is 1. The minimum Gasteiger partial charge on any atom is -0.408 e. The molecule has 0 saturated carbocycles. The third-order valence-electron chi connectivity index (χ3n) is 3.80. The van der Waals surface area contributed by atoms with E-state index in [9.17, 15) is 13.2 Å². The third kappa shape index (κ3) is 3.40. The number of nitrogens with zero attached hydrogens (tertiary/aromatic N) is 2. The lowest BCUT2D eigenvalue weighted by Crippen LogP contribution is -2.48. The van der Waals surface area contributed by atoms with Gasteiger partial charge < -0.3 is 4.42 Å². The lowest BCUT2D eigenvalue weighted by Gasteiger charge is -2.32. The molecule has 8 heteroatoms. The molecule has 22 heavy (non-hydrogen) atoms. The fraction of sp³-hybridized carbons (Fsp3) is 0.500. The van der Waals surface area contributed by atoms with E-state index in [0.717, 1.165) is 24.9 Å². The van der Waals surface area contributed by atoms with Crippen molar-refractivity contribution in [3.05, 3.63) is 34.8 Å². The van der Waals surface area contributed by atoms with Crippen LogP contribution in [0, 0.1) is 0 Å². The second kappa shape index (κ2) is 5.86. The first-order valence-corrected chi connectivity index (χ1v) is 9.09. The average Bonchev–Trinajstić information content (AvgIpc) is 2.74. The summed E-state index contributed by atoms with van der Waals surface area (Å²) in [6, 6.07) is 7.17. The average molecular weight is 325 g/mol. The molecule has 7 nitrogen and oxygen atoms in total. The molecule has 120 valence electrons. The van der Waals surface area contributed by atoms with Crippen molar-refractivity contribution in [1.82, 2.24) is 14.2 Å². The smallest absolute Gasteiger partial charge is 0.408 e. The van der Waals surface area contributed by atoms with Crippen molar-refractivity contribution in [3.8, 4) is 0 Å². The molecule has 0 unspecified atom stereocenters. The molecule has 1 aromatic heterocycles. The Kier molecular flexibility index (Phi) is 4.07. The molecular formula is C14H19N3O4S. The second-order valence-electron chi connectivity index (χ2n) is 5.71. The molecule has 1 aliphatic rings. The molecule has 3 rings (SSSR count). The minimum absolute atomic E-state index is 0.113. The van der Waals surface area contributed by atoms with Gasteiger partial charge in [0, 0.05) is 12.6 Å². The molecule has 0 amide bonds. The van der Waals surface area contributed by atoms with E-state index in [2.05, 4.69) is 9.62 Å². The molecule has 1 N–H and O–H groups in total. The Hall–Kier alpha value is -1.64. The highest BCUT2D eigenvalue weighted by Crippen LogP contribution is 2.15. The summed E-state index contributed by atoms with van der Waals surface area (Å²) in [6.07, 6.45) is 2.86. The van der Waals surface area contributed by atoms with Gasteiger partial charge in [-0.1, -0.05) is 12.1 Å². The Morgan fingerprint density at radius 2 is 2.14 bits per heavy atom. The van der Waals surface area contributed by atoms with Crippen LogP contribution in [0.25, 0.3) is 11.1 Å². The van der Waals surface area contributed by atoms with E-state index >= 15 is 0 Å². The first-order chi connectivity index (χ1) is 10.4. The molecule has 0 bridgehead atoms. The van der Waals surface area contributed by atoms with Gasteiger partial charge >= 0.3 is 5.76 Å². The molecule has 1 aliphatic heterocycles. The van der Waals surface area contributed by atoms with Gasteiger partial charge in [0.15, 0.2) is 5.58 Å². The van der Waals surface area contributed by atoms with Gasteiger partial charge in [-0.05, 0) is 31.5 Å². The number of rotatable bonds is 4. The second-order valence-corrected chi connectivity index (χ2v) is 7.49. The molecule has 2 heterocycles. The van der Waals surface area contributed by atoms with Gasteiger partial charge in [0.1, 0.15) is 0 Å². The van der Waals surface area contributed by atoms with E-state index in [0.29, 0.717) is 18.8 Å². The number of likely N-dealkylation sites (tertiary alicyclic amines) is 1. The first kappa shape index (κ1) is 15.3. The van der Waals surface area contributed by atoms with Crippen LogP contribution in [-0.2, 0) is 16.7 Å². The number of aromatic nitrogens is 1. The lowest BCUT2D eigenvalue weighted by molar-refractivity contribution is 0.159. The summed E-state index contributed by atoms with van der Waals surface area (Å²) in [5, 5.41) is 0. The van der Waals surface area contributed by atoms with E-state index in [-0.39, 0.29) is 11.8 Å². The van der Waals surface area contributed by atoms with Crippen molar-refractivity contribution in [1.29, 1.82) is 0 Å². The molecule has 0 spiro atoms. The normalized spacial score (nSPS) is 20.5. The fourth-order valence-corrected chi connectivity index (χ4v) is 3.73. The van der Waals surface area contributed by atoms with Crippen molar-refractivity contribution in [2.75, 3.05) is 19.3 Å². The summed E-state index contributed by atoms with van der Waals surface area (Å²) in [4.78, 5) is 14.0. The predicted molar refractivity (Wildman–Crippen MR) is 83.0 cm³/mol. The van der Waals surface area contributed by atoms with Crippen LogP contribution in [0.3, 0.4) is 0 Å². The molecule has 1 fully saturated rings. The Morgan fingerprint density at radius 3 is 2.91 bits per heavy atom. The molecule has 1 saturated heterocycles. The molecular weight excluding hydrogens is 306 g/mol. The number of oxazole rings is 1. The maximum Gasteiger partial charge on any atom is 0.421 e. The highest BCUT2D eigenvalue weighted by Gasteiger charge is 2.23. The Morgan fingerprint density at radius 1 is 1.36 bits per heavy atom. The van der Waals surface area contributed by atoms with Crippen LogP contribution in [0.2, 0.25) is 0 Å². The number of hydrogen-bond acceptors (Lipinski definition) is 5. The molecule has 1 aromatic carbocycles. The van der Waals surface area contributed by atoms with E-state index in [1.54, 1.807) is 10.6 Å². The predicted octanol–water partition coefficient (Wildman–Crippen LogP) is 0.566. The highest BCUT2D eigenvalue weighted by atomic mass is 32.2. The summed E-state index contributed by atoms with van der Waals surface area (Å²) < 4.78 is 32.1. The Bertz CT molecular complexity index is 824. The number of piperidine rings is 1. The van der Waals surface area contributed by atoms with Gasteiger partial charge in [0.05, 0.1) is 18.4 Å². The van der Waals surface area contributed by atoms with E-state index in [1.807, 2.05) is 18.2 Å². The zero-order valence-electron chi connectivity index (χ0n) is 12.4. The van der Waals surface area contributed by atoms with Crippen molar-refractivity contribution < 1.29 is 12.8 Å². The maximum atomic E-state index is 12.0. The molecule has 1 atom stereocenters. The van der Waals surface area contributed by atoms with Gasteiger partial charge in [-0.2, -0.15) is 0 Å². The van der Waals surface area contributed by atoms with Crippen molar-refractivity contribution in [3.63, 3.8) is 0 Å². The van der Waals surface area contributed by atoms with E-state index in [4.69, 9.17) is 4.42 Å². The zero-order valence-corrected chi connectivity index (χ0v) is 13.2. The fourth-order valence-electron chi connectivity index (χ4n) is 2.93. The van der Waals surface area contributed by atoms with Crippen LogP contribution < -0.4 is 10.5 Å². The minimum atomic E-state index is -3.22. The quantitative estimate of drug-likeness (QED) is 0.888. The van der Waals surface area contributed by atoms with Crippen LogP contribution in [0.5, 0.6) is 0 Å². The van der Waals surface area contributed by atoms with Crippen LogP contribution in [-0.4, -0.2) is 43.3 Å². The van der Waals surface area contributed by atoms with Gasteiger partial charge in [-0.15, -0.1) is 0 Å². The topological polar surface area (TPSA) is 84.5 Å². The van der Waals surface area contributed by atoms with Gasteiger partial charge in [0.2, 0.25) is 10.0 Å². The van der Waals surface area contributed by atoms with Crippen molar-refractivity contribution in [2.24, 2.45) is 0 Å². The number of sulfonamides is 1. The third-order valence-corrected chi connectivity index (χ3v) is 4.56. The van der Waals surface area contributed by atoms with Gasteiger partial charge in [-0.25, -0.2) is 17.9 Å². The van der Waals surface area contributed by atoms with Crippen LogP contribution in [0.15, 0.2) is 33.5 Å². The lowest BCUT2D eigenvalue weighted by atomic mass is 10.1. The largest absolute Gasteiger partial charge is 0.421 e. The molecule has 2 aromatic rings. The van der Waals surface area contributed by atoms with Gasteiger partial charge in [0.25, 0.3) is 0 Å². The first-order valence-electron chi connectivity index (χ1n) is 7.20. The number of hydrogen-bond donors (Lipinski definition) is 1. The monoisotopic (exact) mass is 325 g/mol. The van der Waals surface area contributed by atoms with Crippen molar-refractivity contribution in [2.45, 2.75) is 25.6 Å². The summed E-state index contributed by atoms with van der Waals surface area (Å²) >= 11 is 0. The Labute approximate surface area is 128 Å². The Balaban J connectivity index is 1.77. The molecule has 0 aliphatic carbocycles. The summed E-state index contributed by atoms with van der Waals surface area (Å²) in [7, 11) is -3.22. The summed E-state index contributed by atoms with van der Waals surface area (Å²) in [5.41, 5.74) is 1.32. The van der Waals surface area contributed by atoms with E-state index < -0.39 is 10.0 Å². The summed E-state index contributed by atoms with van der Waals surface area (Å²) in [6.45, 7) is 1.81. The highest BCUT2D eigenvalue weighted by molar-refractivity contribution is 7.88. The van der Waals surface area contributed by atoms with Crippen LogP contribution >= 0.6 is 0 Å². The molecule has 0 radical (unpaired) electrons. The van der Waals surface area contributed by atoms with E-state index in [1.165, 1.54) is 6.26 Å². The van der Waals surface area contributed by atoms with Crippen molar-refractivity contribution >= 4 is 21.1 Å². The number of nitrogens with one attached hydrogen (secondary N) is 1. The number of para-hydroxylation sites is 2.